The van der Waals surface area contributed by atoms with E-state index in [9.17, 15) is 9.59 Å². The molecule has 0 unspecified atom stereocenters. The van der Waals surface area contributed by atoms with E-state index in [-0.39, 0.29) is 11.8 Å². The second-order valence-electron chi connectivity index (χ2n) is 7.26. The standard InChI is InChI=1S/C25H24N2O2/c28-24(26-16-15-19-8-2-1-3-9-19)21-11-6-12-22(18-21)25(29)27-17-7-13-20-10-4-5-14-23(20)27/h1-6,8-12,14,18H,7,13,15-17H2,(H,26,28). The Bertz CT molecular complexity index is 1010. The van der Waals surface area contributed by atoms with E-state index in [2.05, 4.69) is 11.4 Å². The minimum absolute atomic E-state index is 0.0592. The second-order valence-corrected chi connectivity index (χ2v) is 7.26. The Kier molecular flexibility index (Phi) is 5.71. The van der Waals surface area contributed by atoms with Gasteiger partial charge in [0.1, 0.15) is 0 Å². The van der Waals surface area contributed by atoms with Crippen molar-refractivity contribution >= 4 is 17.5 Å². The van der Waals surface area contributed by atoms with E-state index in [1.54, 1.807) is 24.3 Å². The number of aryl methyl sites for hydroxylation is 1. The topological polar surface area (TPSA) is 49.4 Å². The highest BCUT2D eigenvalue weighted by molar-refractivity contribution is 6.08. The van der Waals surface area contributed by atoms with Gasteiger partial charge in [-0.1, -0.05) is 54.6 Å². The highest BCUT2D eigenvalue weighted by Gasteiger charge is 2.23. The molecule has 4 rings (SSSR count). The molecule has 0 saturated carbocycles. The Morgan fingerprint density at radius 3 is 2.48 bits per heavy atom. The van der Waals surface area contributed by atoms with E-state index < -0.39 is 0 Å². The van der Waals surface area contributed by atoms with E-state index in [0.29, 0.717) is 24.2 Å². The first-order chi connectivity index (χ1) is 14.2. The lowest BCUT2D eigenvalue weighted by molar-refractivity contribution is 0.0954. The van der Waals surface area contributed by atoms with E-state index in [0.717, 1.165) is 24.9 Å². The zero-order valence-corrected chi connectivity index (χ0v) is 16.3. The summed E-state index contributed by atoms with van der Waals surface area (Å²) in [5.41, 5.74) is 4.40. The van der Waals surface area contributed by atoms with Gasteiger partial charge in [0.2, 0.25) is 0 Å². The van der Waals surface area contributed by atoms with Crippen LogP contribution in [0.5, 0.6) is 0 Å². The second kappa shape index (κ2) is 8.74. The van der Waals surface area contributed by atoms with Gasteiger partial charge in [-0.3, -0.25) is 9.59 Å². The maximum Gasteiger partial charge on any atom is 0.258 e. The molecule has 0 spiro atoms. The fourth-order valence-corrected chi connectivity index (χ4v) is 3.76. The van der Waals surface area contributed by atoms with Crippen molar-refractivity contribution in [1.82, 2.24) is 5.32 Å². The smallest absolute Gasteiger partial charge is 0.258 e. The molecular weight excluding hydrogens is 360 g/mol. The molecule has 146 valence electrons. The monoisotopic (exact) mass is 384 g/mol. The van der Waals surface area contributed by atoms with Crippen LogP contribution in [0, 0.1) is 0 Å². The number of hydrogen-bond acceptors (Lipinski definition) is 2. The molecule has 1 N–H and O–H groups in total. The maximum atomic E-state index is 13.1. The van der Waals surface area contributed by atoms with Gasteiger partial charge in [-0.25, -0.2) is 0 Å². The lowest BCUT2D eigenvalue weighted by Crippen LogP contribution is -2.35. The van der Waals surface area contributed by atoms with Crippen LogP contribution < -0.4 is 10.2 Å². The van der Waals surface area contributed by atoms with Crippen LogP contribution in [0.25, 0.3) is 0 Å². The summed E-state index contributed by atoms with van der Waals surface area (Å²) < 4.78 is 0. The number of nitrogens with zero attached hydrogens (tertiary/aromatic N) is 1. The molecule has 0 bridgehead atoms. The van der Waals surface area contributed by atoms with Crippen LogP contribution in [0.15, 0.2) is 78.9 Å². The van der Waals surface area contributed by atoms with Gasteiger partial charge in [0.15, 0.2) is 0 Å². The summed E-state index contributed by atoms with van der Waals surface area (Å²) in [6.07, 6.45) is 2.71. The number of carbonyl (C=O) groups is 2. The van der Waals surface area contributed by atoms with Gasteiger partial charge in [0.05, 0.1) is 0 Å². The van der Waals surface area contributed by atoms with Crippen molar-refractivity contribution in [2.75, 3.05) is 18.0 Å². The normalized spacial score (nSPS) is 12.9. The number of fused-ring (bicyclic) bond motifs is 1. The summed E-state index contributed by atoms with van der Waals surface area (Å²) in [4.78, 5) is 27.5. The quantitative estimate of drug-likeness (QED) is 0.715. The lowest BCUT2D eigenvalue weighted by atomic mass is 10.0. The minimum Gasteiger partial charge on any atom is -0.352 e. The van der Waals surface area contributed by atoms with Gasteiger partial charge in [-0.05, 0) is 54.7 Å². The minimum atomic E-state index is -0.158. The number of carbonyl (C=O) groups excluding carboxylic acids is 2. The van der Waals surface area contributed by atoms with Crippen LogP contribution in [0.3, 0.4) is 0 Å². The average molecular weight is 384 g/mol. The maximum absolute atomic E-state index is 13.1. The molecule has 3 aromatic carbocycles. The molecule has 3 aromatic rings. The molecule has 0 radical (unpaired) electrons. The van der Waals surface area contributed by atoms with Crippen LogP contribution in [0.4, 0.5) is 5.69 Å². The molecule has 2 amide bonds. The molecular formula is C25H24N2O2. The van der Waals surface area contributed by atoms with E-state index in [1.807, 2.05) is 53.4 Å². The van der Waals surface area contributed by atoms with Gasteiger partial charge in [-0.2, -0.15) is 0 Å². The summed E-state index contributed by atoms with van der Waals surface area (Å²) in [5.74, 6) is -0.217. The predicted octanol–water partition coefficient (Wildman–Crippen LogP) is 4.25. The molecule has 29 heavy (non-hydrogen) atoms. The molecule has 4 heteroatoms. The molecule has 0 saturated heterocycles. The summed E-state index contributed by atoms with van der Waals surface area (Å²) in [6, 6.07) is 25.1. The Labute approximate surface area is 171 Å². The summed E-state index contributed by atoms with van der Waals surface area (Å²) in [7, 11) is 0. The highest BCUT2D eigenvalue weighted by atomic mass is 16.2. The average Bonchev–Trinajstić information content (AvgIpc) is 2.79. The van der Waals surface area contributed by atoms with Crippen LogP contribution in [-0.4, -0.2) is 24.9 Å². The zero-order chi connectivity index (χ0) is 20.1. The molecule has 0 atom stereocenters. The first-order valence-corrected chi connectivity index (χ1v) is 10.0. The SMILES string of the molecule is O=C(NCCc1ccccc1)c1cccc(C(=O)N2CCCc3ccccc32)c1. The van der Waals surface area contributed by atoms with Crippen LogP contribution in [-0.2, 0) is 12.8 Å². The van der Waals surface area contributed by atoms with E-state index >= 15 is 0 Å². The van der Waals surface area contributed by atoms with Crippen molar-refractivity contribution in [2.24, 2.45) is 0 Å². The summed E-state index contributed by atoms with van der Waals surface area (Å²) in [6.45, 7) is 1.25. The van der Waals surface area contributed by atoms with Crippen LogP contribution in [0.2, 0.25) is 0 Å². The van der Waals surface area contributed by atoms with Gasteiger partial charge < -0.3 is 10.2 Å². The van der Waals surface area contributed by atoms with Crippen molar-refractivity contribution in [2.45, 2.75) is 19.3 Å². The van der Waals surface area contributed by atoms with Crippen LogP contribution in [0.1, 0.15) is 38.3 Å². The third-order valence-corrected chi connectivity index (χ3v) is 5.27. The van der Waals surface area contributed by atoms with Gasteiger partial charge in [0.25, 0.3) is 11.8 Å². The number of amides is 2. The van der Waals surface area contributed by atoms with E-state index in [1.165, 1.54) is 11.1 Å². The first kappa shape index (κ1) is 18.9. The number of anilines is 1. The molecule has 0 fully saturated rings. The van der Waals surface area contributed by atoms with E-state index in [4.69, 9.17) is 0 Å². The van der Waals surface area contributed by atoms with Gasteiger partial charge in [-0.15, -0.1) is 0 Å². The fraction of sp³-hybridized carbons (Fsp3) is 0.200. The molecule has 1 aliphatic heterocycles. The van der Waals surface area contributed by atoms with Crippen molar-refractivity contribution in [3.8, 4) is 0 Å². The van der Waals surface area contributed by atoms with Crippen molar-refractivity contribution < 1.29 is 9.59 Å². The number of nitrogens with one attached hydrogen (secondary N) is 1. The Hall–Kier alpha value is -3.40. The molecule has 1 heterocycles. The largest absolute Gasteiger partial charge is 0.352 e. The van der Waals surface area contributed by atoms with Crippen molar-refractivity contribution in [1.29, 1.82) is 0 Å². The number of rotatable bonds is 5. The lowest BCUT2D eigenvalue weighted by Gasteiger charge is -2.29. The molecule has 0 aliphatic carbocycles. The van der Waals surface area contributed by atoms with Crippen LogP contribution >= 0.6 is 0 Å². The molecule has 4 nitrogen and oxygen atoms in total. The first-order valence-electron chi connectivity index (χ1n) is 10.0. The fourth-order valence-electron chi connectivity index (χ4n) is 3.76. The summed E-state index contributed by atoms with van der Waals surface area (Å²) >= 11 is 0. The number of para-hydroxylation sites is 1. The molecule has 0 aromatic heterocycles. The zero-order valence-electron chi connectivity index (χ0n) is 16.3. The number of benzene rings is 3. The summed E-state index contributed by atoms with van der Waals surface area (Å²) in [5, 5.41) is 2.94. The third-order valence-electron chi connectivity index (χ3n) is 5.27. The third kappa shape index (κ3) is 4.37. The highest BCUT2D eigenvalue weighted by Crippen LogP contribution is 2.28. The van der Waals surface area contributed by atoms with Gasteiger partial charge in [0, 0.05) is 29.9 Å². The Morgan fingerprint density at radius 1 is 0.862 bits per heavy atom. The predicted molar refractivity (Wildman–Crippen MR) is 115 cm³/mol. The van der Waals surface area contributed by atoms with Gasteiger partial charge >= 0.3 is 0 Å². The van der Waals surface area contributed by atoms with Crippen molar-refractivity contribution in [3.63, 3.8) is 0 Å². The van der Waals surface area contributed by atoms with Crippen molar-refractivity contribution in [3.05, 3.63) is 101 Å². The molecule has 1 aliphatic rings. The Morgan fingerprint density at radius 2 is 1.62 bits per heavy atom. The number of hydrogen-bond donors (Lipinski definition) is 1. The Balaban J connectivity index is 1.44.